The highest BCUT2D eigenvalue weighted by Crippen LogP contribution is 2.15. The van der Waals surface area contributed by atoms with E-state index in [2.05, 4.69) is 10.3 Å². The Kier molecular flexibility index (Phi) is 4.71. The minimum absolute atomic E-state index is 0.166. The minimum atomic E-state index is -0.516. The van der Waals surface area contributed by atoms with Gasteiger partial charge in [0.25, 0.3) is 5.91 Å². The fourth-order valence-electron chi connectivity index (χ4n) is 1.76. The second-order valence-corrected chi connectivity index (χ2v) is 4.56. The van der Waals surface area contributed by atoms with Crippen molar-refractivity contribution in [3.05, 3.63) is 54.4 Å². The molecule has 2 rings (SSSR count). The number of ether oxygens (including phenoxy) is 1. The lowest BCUT2D eigenvalue weighted by molar-refractivity contribution is -0.122. The van der Waals surface area contributed by atoms with Crippen molar-refractivity contribution in [1.29, 1.82) is 0 Å². The normalized spacial score (nSPS) is 11.7. The molecule has 104 valence electrons. The summed E-state index contributed by atoms with van der Waals surface area (Å²) in [6, 6.07) is 11.2. The van der Waals surface area contributed by atoms with E-state index in [-0.39, 0.29) is 5.91 Å². The Morgan fingerprint density at radius 3 is 2.65 bits per heavy atom. The van der Waals surface area contributed by atoms with Crippen molar-refractivity contribution < 1.29 is 9.53 Å². The van der Waals surface area contributed by atoms with Crippen LogP contribution < -0.4 is 10.1 Å². The first-order chi connectivity index (χ1) is 9.69. The first-order valence-corrected chi connectivity index (χ1v) is 6.63. The molecule has 0 aliphatic heterocycles. The van der Waals surface area contributed by atoms with Gasteiger partial charge < -0.3 is 10.1 Å². The van der Waals surface area contributed by atoms with Crippen LogP contribution in [0.15, 0.2) is 48.8 Å². The van der Waals surface area contributed by atoms with E-state index in [1.807, 2.05) is 38.1 Å². The standard InChI is InChI=1S/C16H18N2O2/c1-3-15(20-14-8-6-12(2)7-9-14)16(19)18-13-5-4-10-17-11-13/h4-11,15H,3H2,1-2H3,(H,18,19)/t15-/m1/s1. The van der Waals surface area contributed by atoms with Gasteiger partial charge in [0.05, 0.1) is 11.9 Å². The maximum atomic E-state index is 12.2. The molecule has 2 aromatic rings. The van der Waals surface area contributed by atoms with Gasteiger partial charge in [-0.3, -0.25) is 9.78 Å². The molecule has 20 heavy (non-hydrogen) atoms. The van der Waals surface area contributed by atoms with Crippen LogP contribution in [0, 0.1) is 6.92 Å². The zero-order valence-corrected chi connectivity index (χ0v) is 11.7. The third-order valence-electron chi connectivity index (χ3n) is 2.89. The van der Waals surface area contributed by atoms with Crippen LogP contribution >= 0.6 is 0 Å². The van der Waals surface area contributed by atoms with Gasteiger partial charge >= 0.3 is 0 Å². The van der Waals surface area contributed by atoms with Crippen LogP contribution in [0.1, 0.15) is 18.9 Å². The van der Waals surface area contributed by atoms with Gasteiger partial charge in [-0.15, -0.1) is 0 Å². The van der Waals surface area contributed by atoms with Crippen molar-refractivity contribution in [2.45, 2.75) is 26.4 Å². The number of pyridine rings is 1. The lowest BCUT2D eigenvalue weighted by Gasteiger charge is -2.17. The molecule has 0 aliphatic rings. The van der Waals surface area contributed by atoms with Crippen LogP contribution in [0.2, 0.25) is 0 Å². The first kappa shape index (κ1) is 14.1. The Morgan fingerprint density at radius 2 is 2.05 bits per heavy atom. The van der Waals surface area contributed by atoms with Crippen LogP contribution in [0.25, 0.3) is 0 Å². The number of hydrogen-bond donors (Lipinski definition) is 1. The minimum Gasteiger partial charge on any atom is -0.481 e. The fourth-order valence-corrected chi connectivity index (χ4v) is 1.76. The van der Waals surface area contributed by atoms with Gasteiger partial charge in [-0.2, -0.15) is 0 Å². The summed E-state index contributed by atoms with van der Waals surface area (Å²) in [5.74, 6) is 0.532. The Morgan fingerprint density at radius 1 is 1.30 bits per heavy atom. The molecule has 4 nitrogen and oxygen atoms in total. The van der Waals surface area contributed by atoms with Crippen molar-refractivity contribution in [3.8, 4) is 5.75 Å². The lowest BCUT2D eigenvalue weighted by atomic mass is 10.2. The SMILES string of the molecule is CC[C@@H](Oc1ccc(C)cc1)C(=O)Nc1cccnc1. The molecule has 1 heterocycles. The molecule has 4 heteroatoms. The van der Waals surface area contributed by atoms with Gasteiger partial charge in [0.1, 0.15) is 5.75 Å². The summed E-state index contributed by atoms with van der Waals surface area (Å²) in [6.45, 7) is 3.93. The number of aryl methyl sites for hydroxylation is 1. The summed E-state index contributed by atoms with van der Waals surface area (Å²) in [6.07, 6.45) is 3.35. The molecule has 0 unspecified atom stereocenters. The largest absolute Gasteiger partial charge is 0.481 e. The number of benzene rings is 1. The Bertz CT molecular complexity index is 552. The average molecular weight is 270 g/mol. The highest BCUT2D eigenvalue weighted by Gasteiger charge is 2.18. The van der Waals surface area contributed by atoms with Gasteiger partial charge in [-0.25, -0.2) is 0 Å². The summed E-state index contributed by atoms with van der Waals surface area (Å²) in [5.41, 5.74) is 1.83. The Labute approximate surface area is 118 Å². The highest BCUT2D eigenvalue weighted by atomic mass is 16.5. The van der Waals surface area contributed by atoms with E-state index in [9.17, 15) is 4.79 Å². The number of amides is 1. The molecule has 1 atom stereocenters. The number of carbonyl (C=O) groups excluding carboxylic acids is 1. The number of nitrogens with zero attached hydrogens (tertiary/aromatic N) is 1. The summed E-state index contributed by atoms with van der Waals surface area (Å²) >= 11 is 0. The monoisotopic (exact) mass is 270 g/mol. The molecule has 1 aromatic heterocycles. The number of hydrogen-bond acceptors (Lipinski definition) is 3. The van der Waals surface area contributed by atoms with Crippen molar-refractivity contribution in [3.63, 3.8) is 0 Å². The molecule has 0 fully saturated rings. The maximum Gasteiger partial charge on any atom is 0.265 e. The summed E-state index contributed by atoms with van der Waals surface area (Å²) in [7, 11) is 0. The van der Waals surface area contributed by atoms with E-state index in [4.69, 9.17) is 4.74 Å². The smallest absolute Gasteiger partial charge is 0.265 e. The predicted octanol–water partition coefficient (Wildman–Crippen LogP) is 3.19. The fraction of sp³-hybridized carbons (Fsp3) is 0.250. The third kappa shape index (κ3) is 3.82. The molecule has 0 spiro atoms. The molecule has 1 N–H and O–H groups in total. The van der Waals surface area contributed by atoms with E-state index < -0.39 is 6.10 Å². The summed E-state index contributed by atoms with van der Waals surface area (Å²) in [5, 5.41) is 2.80. The van der Waals surface area contributed by atoms with E-state index >= 15 is 0 Å². The first-order valence-electron chi connectivity index (χ1n) is 6.63. The third-order valence-corrected chi connectivity index (χ3v) is 2.89. The van der Waals surface area contributed by atoms with Crippen LogP contribution in [-0.4, -0.2) is 17.0 Å². The summed E-state index contributed by atoms with van der Waals surface area (Å²) in [4.78, 5) is 16.1. The molecule has 1 aromatic carbocycles. The number of aromatic nitrogens is 1. The Balaban J connectivity index is 2.00. The van der Waals surface area contributed by atoms with Gasteiger partial charge in [0.2, 0.25) is 0 Å². The molecule has 0 radical (unpaired) electrons. The van der Waals surface area contributed by atoms with E-state index in [1.165, 1.54) is 0 Å². The van der Waals surface area contributed by atoms with E-state index in [0.717, 1.165) is 5.56 Å². The highest BCUT2D eigenvalue weighted by molar-refractivity contribution is 5.94. The van der Waals surface area contributed by atoms with Crippen molar-refractivity contribution in [2.75, 3.05) is 5.32 Å². The van der Waals surface area contributed by atoms with Crippen molar-refractivity contribution in [2.24, 2.45) is 0 Å². The molecular formula is C16H18N2O2. The predicted molar refractivity (Wildman–Crippen MR) is 78.8 cm³/mol. The van der Waals surface area contributed by atoms with Gasteiger partial charge in [0.15, 0.2) is 6.10 Å². The zero-order chi connectivity index (χ0) is 14.4. The quantitative estimate of drug-likeness (QED) is 0.907. The van der Waals surface area contributed by atoms with Crippen molar-refractivity contribution in [1.82, 2.24) is 4.98 Å². The lowest BCUT2D eigenvalue weighted by Crippen LogP contribution is -2.32. The van der Waals surface area contributed by atoms with Gasteiger partial charge in [-0.1, -0.05) is 24.6 Å². The van der Waals surface area contributed by atoms with Gasteiger partial charge in [0, 0.05) is 6.20 Å². The van der Waals surface area contributed by atoms with Crippen LogP contribution in [0.5, 0.6) is 5.75 Å². The van der Waals surface area contributed by atoms with Crippen molar-refractivity contribution >= 4 is 11.6 Å². The molecule has 1 amide bonds. The van der Waals surface area contributed by atoms with E-state index in [0.29, 0.717) is 17.9 Å². The second kappa shape index (κ2) is 6.70. The molecular weight excluding hydrogens is 252 g/mol. The average Bonchev–Trinajstić information content (AvgIpc) is 2.47. The molecule has 0 aliphatic carbocycles. The number of carbonyl (C=O) groups is 1. The Hall–Kier alpha value is -2.36. The maximum absolute atomic E-state index is 12.2. The van der Waals surface area contributed by atoms with Crippen LogP contribution in [0.3, 0.4) is 0 Å². The van der Waals surface area contributed by atoms with Gasteiger partial charge in [-0.05, 0) is 37.6 Å². The summed E-state index contributed by atoms with van der Waals surface area (Å²) < 4.78 is 5.72. The number of anilines is 1. The molecule has 0 saturated carbocycles. The molecule has 0 saturated heterocycles. The second-order valence-electron chi connectivity index (χ2n) is 4.56. The zero-order valence-electron chi connectivity index (χ0n) is 11.7. The molecule has 0 bridgehead atoms. The number of nitrogens with one attached hydrogen (secondary N) is 1. The van der Waals surface area contributed by atoms with Crippen LogP contribution in [-0.2, 0) is 4.79 Å². The van der Waals surface area contributed by atoms with Crippen LogP contribution in [0.4, 0.5) is 5.69 Å². The van der Waals surface area contributed by atoms with E-state index in [1.54, 1.807) is 24.5 Å². The number of rotatable bonds is 5. The topological polar surface area (TPSA) is 51.2 Å².